The first-order chi connectivity index (χ1) is 13.3. The van der Waals surface area contributed by atoms with Crippen molar-refractivity contribution < 1.29 is 31.3 Å². The van der Waals surface area contributed by atoms with E-state index in [1.54, 1.807) is 7.11 Å². The molecule has 0 saturated carbocycles. The van der Waals surface area contributed by atoms with E-state index in [4.69, 9.17) is 9.47 Å². The van der Waals surface area contributed by atoms with Crippen molar-refractivity contribution in [3.8, 4) is 17.2 Å². The Morgan fingerprint density at radius 2 is 1.39 bits per heavy atom. The molecule has 0 bridgehead atoms. The number of rotatable bonds is 5. The Morgan fingerprint density at radius 1 is 0.857 bits per heavy atom. The van der Waals surface area contributed by atoms with Gasteiger partial charge in [-0.25, -0.2) is 0 Å². The Labute approximate surface area is 161 Å². The first-order valence-corrected chi connectivity index (χ1v) is 8.48. The molecule has 28 heavy (non-hydrogen) atoms. The van der Waals surface area contributed by atoms with Gasteiger partial charge >= 0.3 is 7.25 Å². The standard InChI is InChI=1S/C20H20NO2.BF4/c1-16-20(23-15-17-9-5-3-6-10-17)19(22-2)13-14-21(16)18-11-7-4-8-12-18;2-1(3,4)5/h3-14H,15H2,1-2H3;/q+1;-1. The second-order valence-corrected chi connectivity index (χ2v) is 5.77. The Balaban J connectivity index is 0.000000500. The summed E-state index contributed by atoms with van der Waals surface area (Å²) in [6, 6.07) is 22.3. The van der Waals surface area contributed by atoms with Crippen LogP contribution in [0.3, 0.4) is 0 Å². The zero-order valence-electron chi connectivity index (χ0n) is 15.5. The normalized spacial score (nSPS) is 10.6. The Hall–Kier alpha value is -3.03. The molecule has 0 amide bonds. The number of hydrogen-bond donors (Lipinski definition) is 0. The average Bonchev–Trinajstić information content (AvgIpc) is 2.67. The van der Waals surface area contributed by atoms with E-state index in [-0.39, 0.29) is 0 Å². The number of benzene rings is 2. The van der Waals surface area contributed by atoms with Gasteiger partial charge in [0.2, 0.25) is 17.1 Å². The zero-order chi connectivity index (χ0) is 20.6. The van der Waals surface area contributed by atoms with Gasteiger partial charge in [0.05, 0.1) is 7.11 Å². The minimum Gasteiger partial charge on any atom is -0.492 e. The number of aromatic nitrogens is 1. The van der Waals surface area contributed by atoms with Crippen LogP contribution < -0.4 is 14.0 Å². The molecule has 148 valence electrons. The van der Waals surface area contributed by atoms with Crippen LogP contribution in [-0.2, 0) is 6.61 Å². The first kappa shape index (κ1) is 21.3. The summed E-state index contributed by atoms with van der Waals surface area (Å²) in [7, 11) is -4.34. The summed E-state index contributed by atoms with van der Waals surface area (Å²) in [6.07, 6.45) is 2.00. The lowest BCUT2D eigenvalue weighted by Gasteiger charge is -2.12. The summed E-state index contributed by atoms with van der Waals surface area (Å²) in [6.45, 7) is 2.55. The molecule has 0 aliphatic carbocycles. The lowest BCUT2D eigenvalue weighted by atomic mass is 10.2. The molecule has 0 radical (unpaired) electrons. The van der Waals surface area contributed by atoms with Gasteiger partial charge in [-0.1, -0.05) is 48.5 Å². The third kappa shape index (κ3) is 6.61. The maximum atomic E-state index is 9.75. The highest BCUT2D eigenvalue weighted by Gasteiger charge is 2.21. The van der Waals surface area contributed by atoms with Gasteiger partial charge in [-0.3, -0.25) is 0 Å². The Morgan fingerprint density at radius 3 is 1.93 bits per heavy atom. The summed E-state index contributed by atoms with van der Waals surface area (Å²) < 4.78 is 52.6. The lowest BCUT2D eigenvalue weighted by molar-refractivity contribution is -0.603. The molecule has 0 saturated heterocycles. The fourth-order valence-corrected chi connectivity index (χ4v) is 2.55. The largest absolute Gasteiger partial charge is 0.673 e. The molecule has 0 aliphatic rings. The molecular formula is C20H20BF4NO2. The van der Waals surface area contributed by atoms with E-state index in [1.165, 1.54) is 0 Å². The predicted molar refractivity (Wildman–Crippen MR) is 100 cm³/mol. The molecule has 0 aliphatic heterocycles. The molecule has 3 rings (SSSR count). The van der Waals surface area contributed by atoms with Gasteiger partial charge in [0, 0.05) is 25.1 Å². The summed E-state index contributed by atoms with van der Waals surface area (Å²) in [5.74, 6) is 1.51. The van der Waals surface area contributed by atoms with Crippen LogP contribution in [0.4, 0.5) is 17.3 Å². The number of ether oxygens (including phenoxy) is 2. The monoisotopic (exact) mass is 393 g/mol. The van der Waals surface area contributed by atoms with Gasteiger partial charge < -0.3 is 26.7 Å². The Bertz CT molecular complexity index is 869. The number of pyridine rings is 1. The first-order valence-electron chi connectivity index (χ1n) is 8.48. The van der Waals surface area contributed by atoms with E-state index in [0.29, 0.717) is 6.61 Å². The highest BCUT2D eigenvalue weighted by molar-refractivity contribution is 6.50. The fourth-order valence-electron chi connectivity index (χ4n) is 2.55. The van der Waals surface area contributed by atoms with Gasteiger partial charge in [0.1, 0.15) is 6.61 Å². The van der Waals surface area contributed by atoms with Crippen molar-refractivity contribution in [1.82, 2.24) is 0 Å². The van der Waals surface area contributed by atoms with Crippen molar-refractivity contribution in [3.05, 3.63) is 84.2 Å². The van der Waals surface area contributed by atoms with E-state index in [9.17, 15) is 17.3 Å². The maximum Gasteiger partial charge on any atom is 0.673 e. The van der Waals surface area contributed by atoms with Gasteiger partial charge in [-0.2, -0.15) is 4.57 Å². The van der Waals surface area contributed by atoms with Crippen LogP contribution in [0.15, 0.2) is 72.9 Å². The smallest absolute Gasteiger partial charge is 0.492 e. The van der Waals surface area contributed by atoms with Crippen molar-refractivity contribution in [2.75, 3.05) is 7.11 Å². The molecule has 0 N–H and O–H groups in total. The molecule has 0 fully saturated rings. The summed E-state index contributed by atoms with van der Waals surface area (Å²) >= 11 is 0. The summed E-state index contributed by atoms with van der Waals surface area (Å²) in [5, 5.41) is 0. The van der Waals surface area contributed by atoms with Gasteiger partial charge in [0.15, 0.2) is 11.9 Å². The van der Waals surface area contributed by atoms with E-state index in [1.807, 2.05) is 55.6 Å². The molecule has 0 unspecified atom stereocenters. The molecule has 0 atom stereocenters. The minimum atomic E-state index is -6.00. The van der Waals surface area contributed by atoms with Crippen molar-refractivity contribution in [1.29, 1.82) is 0 Å². The molecular weight excluding hydrogens is 373 g/mol. The van der Waals surface area contributed by atoms with Crippen LogP contribution in [-0.4, -0.2) is 14.4 Å². The van der Waals surface area contributed by atoms with Crippen LogP contribution in [0.25, 0.3) is 5.69 Å². The number of hydrogen-bond acceptors (Lipinski definition) is 2. The van der Waals surface area contributed by atoms with Crippen LogP contribution in [0.1, 0.15) is 11.3 Å². The average molecular weight is 393 g/mol. The number of halogens is 4. The van der Waals surface area contributed by atoms with Crippen molar-refractivity contribution in [2.24, 2.45) is 0 Å². The second-order valence-electron chi connectivity index (χ2n) is 5.77. The predicted octanol–water partition coefficient (Wildman–Crippen LogP) is 5.16. The zero-order valence-corrected chi connectivity index (χ0v) is 15.5. The van der Waals surface area contributed by atoms with E-state index in [2.05, 4.69) is 28.8 Å². The van der Waals surface area contributed by atoms with Crippen molar-refractivity contribution >= 4 is 7.25 Å². The molecule has 3 aromatic rings. The highest BCUT2D eigenvalue weighted by Crippen LogP contribution is 2.29. The Kier molecular flexibility index (Phi) is 7.43. The molecule has 3 nitrogen and oxygen atoms in total. The molecule has 1 aromatic heterocycles. The van der Waals surface area contributed by atoms with Gasteiger partial charge in [-0.15, -0.1) is 0 Å². The van der Waals surface area contributed by atoms with Crippen LogP contribution in [0.5, 0.6) is 11.5 Å². The fraction of sp³-hybridized carbons (Fsp3) is 0.150. The molecule has 8 heteroatoms. The van der Waals surface area contributed by atoms with Crippen molar-refractivity contribution in [2.45, 2.75) is 13.5 Å². The van der Waals surface area contributed by atoms with E-state index in [0.717, 1.165) is 28.4 Å². The van der Waals surface area contributed by atoms with E-state index >= 15 is 0 Å². The van der Waals surface area contributed by atoms with Crippen LogP contribution in [0.2, 0.25) is 0 Å². The van der Waals surface area contributed by atoms with Crippen LogP contribution in [0, 0.1) is 6.92 Å². The third-order valence-corrected chi connectivity index (χ3v) is 3.77. The maximum absolute atomic E-state index is 9.75. The molecule has 2 aromatic carbocycles. The number of methoxy groups -OCH3 is 1. The van der Waals surface area contributed by atoms with Crippen LogP contribution >= 0.6 is 0 Å². The third-order valence-electron chi connectivity index (χ3n) is 3.77. The minimum absolute atomic E-state index is 0.511. The number of nitrogens with zero attached hydrogens (tertiary/aromatic N) is 1. The lowest BCUT2D eigenvalue weighted by Crippen LogP contribution is -2.34. The van der Waals surface area contributed by atoms with Gasteiger partial charge in [-0.05, 0) is 5.56 Å². The topological polar surface area (TPSA) is 22.3 Å². The SMILES string of the molecule is COc1cc[n+](-c2ccccc2)c(C)c1OCc1ccccc1.F[B-](F)(F)F. The van der Waals surface area contributed by atoms with E-state index < -0.39 is 7.25 Å². The summed E-state index contributed by atoms with van der Waals surface area (Å²) in [4.78, 5) is 0. The summed E-state index contributed by atoms with van der Waals surface area (Å²) in [5.41, 5.74) is 3.23. The molecule has 0 spiro atoms. The second kappa shape index (κ2) is 9.78. The number of para-hydroxylation sites is 1. The highest BCUT2D eigenvalue weighted by atomic mass is 19.5. The quantitative estimate of drug-likeness (QED) is 0.340. The molecule has 1 heterocycles. The van der Waals surface area contributed by atoms with Gasteiger partial charge in [0.25, 0.3) is 0 Å². The van der Waals surface area contributed by atoms with Crippen molar-refractivity contribution in [3.63, 3.8) is 0 Å².